The summed E-state index contributed by atoms with van der Waals surface area (Å²) in [4.78, 5) is 0. The highest BCUT2D eigenvalue weighted by atomic mass is 14.5. The first kappa shape index (κ1) is 53.4. The molecule has 9 rings (SSSR count). The average molecular weight is 980 g/mol. The van der Waals surface area contributed by atoms with Gasteiger partial charge in [-0.05, 0) is 170 Å². The van der Waals surface area contributed by atoms with E-state index in [2.05, 4.69) is 270 Å². The van der Waals surface area contributed by atoms with Crippen molar-refractivity contribution in [2.75, 3.05) is 0 Å². The Bertz CT molecular complexity index is 2830. The minimum atomic E-state index is -0.584. The number of rotatable bonds is 12. The number of hydrogen-bond acceptors (Lipinski definition) is 0. The zero-order valence-corrected chi connectivity index (χ0v) is 49.1. The molecule has 2 atom stereocenters. The molecule has 2 aliphatic rings. The van der Waals surface area contributed by atoms with Gasteiger partial charge in [-0.1, -0.05) is 271 Å². The molecule has 0 spiro atoms. The molecule has 0 aliphatic heterocycles. The van der Waals surface area contributed by atoms with Crippen molar-refractivity contribution in [3.8, 4) is 22.3 Å². The van der Waals surface area contributed by atoms with Crippen LogP contribution in [0.3, 0.4) is 0 Å². The van der Waals surface area contributed by atoms with E-state index in [9.17, 15) is 0 Å². The van der Waals surface area contributed by atoms with Crippen LogP contribution in [-0.2, 0) is 43.3 Å². The van der Waals surface area contributed by atoms with Gasteiger partial charge in [0.05, 0.1) is 10.8 Å². The second-order valence-electron chi connectivity index (χ2n) is 27.6. The fourth-order valence-electron chi connectivity index (χ4n) is 13.5. The third kappa shape index (κ3) is 8.58. The number of fused-ring (bicyclic) bond motifs is 6. The molecule has 386 valence electrons. The molecule has 0 bridgehead atoms. The van der Waals surface area contributed by atoms with Gasteiger partial charge < -0.3 is 0 Å². The van der Waals surface area contributed by atoms with E-state index in [0.29, 0.717) is 0 Å². The summed E-state index contributed by atoms with van der Waals surface area (Å²) in [5.74, 6) is 0. The van der Waals surface area contributed by atoms with Gasteiger partial charge in [-0.15, -0.1) is 0 Å². The summed E-state index contributed by atoms with van der Waals surface area (Å²) in [7, 11) is 0. The minimum Gasteiger partial charge on any atom is -0.0654 e. The smallest absolute Gasteiger partial charge is 0.0654 e. The minimum absolute atomic E-state index is 0.0235. The highest BCUT2D eigenvalue weighted by molar-refractivity contribution is 5.95. The molecule has 7 aromatic rings. The molecule has 0 nitrogen and oxygen atoms in total. The van der Waals surface area contributed by atoms with Gasteiger partial charge in [0.1, 0.15) is 0 Å². The topological polar surface area (TPSA) is 0 Å². The van der Waals surface area contributed by atoms with E-state index >= 15 is 0 Å². The molecule has 0 heterocycles. The summed E-state index contributed by atoms with van der Waals surface area (Å²) in [5.41, 5.74) is 23.6. The van der Waals surface area contributed by atoms with Crippen molar-refractivity contribution in [3.05, 3.63) is 223 Å². The lowest BCUT2D eigenvalue weighted by molar-refractivity contribution is 0.413. The molecule has 0 saturated carbocycles. The monoisotopic (exact) mass is 979 g/mol. The van der Waals surface area contributed by atoms with Crippen LogP contribution in [0.4, 0.5) is 0 Å². The van der Waals surface area contributed by atoms with Crippen LogP contribution in [0.5, 0.6) is 0 Å². The summed E-state index contributed by atoms with van der Waals surface area (Å²) in [6, 6.07) is 60.1. The summed E-state index contributed by atoms with van der Waals surface area (Å²) in [5, 5.41) is 0. The Hall–Kier alpha value is -5.46. The molecule has 0 fully saturated rings. The van der Waals surface area contributed by atoms with Crippen LogP contribution in [-0.4, -0.2) is 0 Å². The number of benzene rings is 7. The lowest BCUT2D eigenvalue weighted by atomic mass is 9.64. The van der Waals surface area contributed by atoms with E-state index in [1.54, 1.807) is 0 Å². The van der Waals surface area contributed by atoms with Gasteiger partial charge in [0.25, 0.3) is 0 Å². The van der Waals surface area contributed by atoms with Crippen LogP contribution in [0.25, 0.3) is 22.3 Å². The van der Waals surface area contributed by atoms with Crippen molar-refractivity contribution >= 4 is 0 Å². The predicted octanol–water partition coefficient (Wildman–Crippen LogP) is 20.5. The van der Waals surface area contributed by atoms with Crippen LogP contribution in [0, 0.1) is 0 Å². The quantitative estimate of drug-likeness (QED) is 0.114. The first-order chi connectivity index (χ1) is 34.7. The van der Waals surface area contributed by atoms with Crippen LogP contribution < -0.4 is 0 Å². The fourth-order valence-corrected chi connectivity index (χ4v) is 13.5. The molecular weight excluding hydrogens is 889 g/mol. The zero-order valence-electron chi connectivity index (χ0n) is 49.1. The molecule has 0 amide bonds. The highest BCUT2D eigenvalue weighted by Gasteiger charge is 2.52. The van der Waals surface area contributed by atoms with Crippen molar-refractivity contribution in [2.24, 2.45) is 0 Å². The molecule has 74 heavy (non-hydrogen) atoms. The van der Waals surface area contributed by atoms with Gasteiger partial charge in [0.15, 0.2) is 0 Å². The standard InChI is InChI=1S/C74H90/c1-19-43-71(17,21-3)57-39-41-59-61-47-66-62(48-65(61)73(63(59)45-57,53-31-23-49(24-32-53)67(5,6)7)54-33-25-50(26-34-54)68(8,9)10)60-42-40-58(72(18,22-4)44-20-2)46-64(60)74(66,55-35-27-51(28-36-55)69(11,12)13)56-37-29-52(30-38-56)70(14,15)16/h23-42,45-48H,19-22,43-44H2,1-18H3. The first-order valence-electron chi connectivity index (χ1n) is 28.7. The third-order valence-electron chi connectivity index (χ3n) is 18.7. The van der Waals surface area contributed by atoms with E-state index in [1.165, 1.54) is 100 Å². The maximum Gasteiger partial charge on any atom is 0.0713 e. The lowest BCUT2D eigenvalue weighted by Gasteiger charge is -2.37. The summed E-state index contributed by atoms with van der Waals surface area (Å²) in [6.45, 7) is 42.6. The second-order valence-corrected chi connectivity index (χ2v) is 27.6. The van der Waals surface area contributed by atoms with E-state index in [-0.39, 0.29) is 32.5 Å². The Morgan fingerprint density at radius 2 is 0.500 bits per heavy atom. The van der Waals surface area contributed by atoms with Crippen LogP contribution >= 0.6 is 0 Å². The van der Waals surface area contributed by atoms with Crippen molar-refractivity contribution in [2.45, 2.75) is 206 Å². The van der Waals surface area contributed by atoms with Crippen LogP contribution in [0.1, 0.15) is 241 Å². The molecule has 2 aliphatic carbocycles. The van der Waals surface area contributed by atoms with Crippen molar-refractivity contribution < 1.29 is 0 Å². The average Bonchev–Trinajstić information content (AvgIpc) is 3.81. The molecule has 0 saturated heterocycles. The van der Waals surface area contributed by atoms with E-state index < -0.39 is 10.8 Å². The van der Waals surface area contributed by atoms with Gasteiger partial charge in [-0.3, -0.25) is 0 Å². The molecular formula is C74H90. The molecule has 2 unspecified atom stereocenters. The Kier molecular flexibility index (Phi) is 13.5. The van der Waals surface area contributed by atoms with Gasteiger partial charge in [0, 0.05) is 0 Å². The van der Waals surface area contributed by atoms with Gasteiger partial charge in [-0.2, -0.15) is 0 Å². The predicted molar refractivity (Wildman–Crippen MR) is 321 cm³/mol. The van der Waals surface area contributed by atoms with Crippen LogP contribution in [0.2, 0.25) is 0 Å². The number of hydrogen-bond donors (Lipinski definition) is 0. The Labute approximate surface area is 449 Å². The maximum atomic E-state index is 2.70. The molecule has 0 radical (unpaired) electrons. The zero-order chi connectivity index (χ0) is 53.6. The molecule has 0 aromatic heterocycles. The van der Waals surface area contributed by atoms with Crippen molar-refractivity contribution in [1.29, 1.82) is 0 Å². The summed E-state index contributed by atoms with van der Waals surface area (Å²) < 4.78 is 0. The molecule has 0 N–H and O–H groups in total. The lowest BCUT2D eigenvalue weighted by Crippen LogP contribution is -2.31. The van der Waals surface area contributed by atoms with Gasteiger partial charge in [0.2, 0.25) is 0 Å². The van der Waals surface area contributed by atoms with E-state index in [1.807, 2.05) is 0 Å². The normalized spacial score (nSPS) is 16.5. The van der Waals surface area contributed by atoms with Crippen molar-refractivity contribution in [1.82, 2.24) is 0 Å². The largest absolute Gasteiger partial charge is 0.0713 e. The van der Waals surface area contributed by atoms with E-state index in [4.69, 9.17) is 0 Å². The summed E-state index contributed by atoms with van der Waals surface area (Å²) >= 11 is 0. The second kappa shape index (κ2) is 18.7. The Morgan fingerprint density at radius 1 is 0.270 bits per heavy atom. The fraction of sp³-hybridized carbons (Fsp3) is 0.432. The van der Waals surface area contributed by atoms with Gasteiger partial charge in [-0.25, -0.2) is 0 Å². The Balaban J connectivity index is 1.47. The van der Waals surface area contributed by atoms with E-state index in [0.717, 1.165) is 38.5 Å². The third-order valence-corrected chi connectivity index (χ3v) is 18.7. The molecule has 7 aromatic carbocycles. The van der Waals surface area contributed by atoms with Gasteiger partial charge >= 0.3 is 0 Å². The van der Waals surface area contributed by atoms with Crippen molar-refractivity contribution in [3.63, 3.8) is 0 Å². The SMILES string of the molecule is CCCC(C)(CC)c1ccc2c(c1)C(c1ccc(C(C)(C)C)cc1)(c1ccc(C(C)(C)C)cc1)c1cc3c(cc1-2)C(c1ccc(C(C)(C)C)cc1)(c1ccc(C(C)(C)C)cc1)c1cc(C(C)(CC)CCC)ccc1-3. The summed E-state index contributed by atoms with van der Waals surface area (Å²) in [6.07, 6.45) is 6.77. The molecule has 0 heteroatoms. The highest BCUT2D eigenvalue weighted by Crippen LogP contribution is 2.64. The van der Waals surface area contributed by atoms with Crippen LogP contribution in [0.15, 0.2) is 146 Å². The Morgan fingerprint density at radius 3 is 0.716 bits per heavy atom. The first-order valence-corrected chi connectivity index (χ1v) is 28.7. The maximum absolute atomic E-state index is 2.70.